The largest absolute Gasteiger partial charge is 0.480 e. The first-order valence-corrected chi connectivity index (χ1v) is 7.36. The maximum Gasteiger partial charge on any atom is 0.326 e. The summed E-state index contributed by atoms with van der Waals surface area (Å²) in [5.41, 5.74) is 0.0171. The van der Waals surface area contributed by atoms with E-state index in [9.17, 15) is 14.7 Å². The molecule has 3 unspecified atom stereocenters. The third-order valence-electron chi connectivity index (χ3n) is 4.99. The van der Waals surface area contributed by atoms with Crippen LogP contribution in [-0.2, 0) is 9.59 Å². The van der Waals surface area contributed by atoms with Crippen molar-refractivity contribution < 1.29 is 14.7 Å². The van der Waals surface area contributed by atoms with Gasteiger partial charge in [0.25, 0.3) is 0 Å². The van der Waals surface area contributed by atoms with Crippen molar-refractivity contribution in [2.75, 3.05) is 6.54 Å². The SMILES string of the molecule is CC1CCN(C(=O)C2CCCC2(C)C)C(C(=O)O)C1. The lowest BCUT2D eigenvalue weighted by molar-refractivity contribution is -0.156. The Morgan fingerprint density at radius 1 is 1.26 bits per heavy atom. The zero-order valence-electron chi connectivity index (χ0n) is 12.2. The first kappa shape index (κ1) is 14.4. The Morgan fingerprint density at radius 3 is 2.47 bits per heavy atom. The molecule has 3 atom stereocenters. The van der Waals surface area contributed by atoms with Crippen molar-refractivity contribution >= 4 is 11.9 Å². The number of carbonyl (C=O) groups is 2. The lowest BCUT2D eigenvalue weighted by atomic mass is 9.80. The number of hydrogen-bond acceptors (Lipinski definition) is 2. The van der Waals surface area contributed by atoms with E-state index in [1.165, 1.54) is 0 Å². The summed E-state index contributed by atoms with van der Waals surface area (Å²) in [4.78, 5) is 25.7. The fourth-order valence-corrected chi connectivity index (χ4v) is 3.62. The van der Waals surface area contributed by atoms with Gasteiger partial charge in [0.15, 0.2) is 0 Å². The second-order valence-electron chi connectivity index (χ2n) is 6.95. The van der Waals surface area contributed by atoms with Gasteiger partial charge < -0.3 is 10.0 Å². The second-order valence-corrected chi connectivity index (χ2v) is 6.95. The minimum atomic E-state index is -0.851. The Balaban J connectivity index is 2.15. The molecule has 0 radical (unpaired) electrons. The topological polar surface area (TPSA) is 57.6 Å². The van der Waals surface area contributed by atoms with Gasteiger partial charge in [-0.2, -0.15) is 0 Å². The van der Waals surface area contributed by atoms with Crippen molar-refractivity contribution in [2.24, 2.45) is 17.3 Å². The van der Waals surface area contributed by atoms with Gasteiger partial charge in [0, 0.05) is 12.5 Å². The number of hydrogen-bond donors (Lipinski definition) is 1. The minimum absolute atomic E-state index is 0.00255. The van der Waals surface area contributed by atoms with E-state index in [1.807, 2.05) is 0 Å². The van der Waals surface area contributed by atoms with Crippen molar-refractivity contribution in [3.63, 3.8) is 0 Å². The third-order valence-corrected chi connectivity index (χ3v) is 4.99. The highest BCUT2D eigenvalue weighted by molar-refractivity contribution is 5.86. The molecule has 1 heterocycles. The zero-order chi connectivity index (χ0) is 14.2. The summed E-state index contributed by atoms with van der Waals surface area (Å²) in [5, 5.41) is 9.35. The first-order valence-electron chi connectivity index (χ1n) is 7.36. The van der Waals surface area contributed by atoms with Crippen LogP contribution < -0.4 is 0 Å². The molecule has 2 rings (SSSR count). The smallest absolute Gasteiger partial charge is 0.326 e. The lowest BCUT2D eigenvalue weighted by Gasteiger charge is -2.39. The quantitative estimate of drug-likeness (QED) is 0.836. The number of carboxylic acid groups (broad SMARTS) is 1. The average Bonchev–Trinajstić information content (AvgIpc) is 2.68. The zero-order valence-corrected chi connectivity index (χ0v) is 12.2. The van der Waals surface area contributed by atoms with E-state index in [4.69, 9.17) is 0 Å². The second kappa shape index (κ2) is 5.14. The predicted octanol–water partition coefficient (Wildman–Crippen LogP) is 2.52. The molecule has 1 aliphatic heterocycles. The Bertz CT molecular complexity index is 378. The monoisotopic (exact) mass is 267 g/mol. The molecule has 1 amide bonds. The van der Waals surface area contributed by atoms with Gasteiger partial charge in [0.1, 0.15) is 6.04 Å². The van der Waals surface area contributed by atoms with E-state index >= 15 is 0 Å². The molecule has 1 saturated heterocycles. The number of rotatable bonds is 2. The summed E-state index contributed by atoms with van der Waals surface area (Å²) in [7, 11) is 0. The molecule has 0 aromatic heterocycles. The molecule has 1 aliphatic carbocycles. The lowest BCUT2D eigenvalue weighted by Crippen LogP contribution is -2.52. The Hall–Kier alpha value is -1.06. The van der Waals surface area contributed by atoms with Crippen LogP contribution in [-0.4, -0.2) is 34.5 Å². The number of carboxylic acids is 1. The molecule has 108 valence electrons. The van der Waals surface area contributed by atoms with Gasteiger partial charge in [-0.1, -0.05) is 27.2 Å². The molecule has 0 aromatic rings. The molecular formula is C15H25NO3. The van der Waals surface area contributed by atoms with E-state index in [-0.39, 0.29) is 17.2 Å². The highest BCUT2D eigenvalue weighted by atomic mass is 16.4. The van der Waals surface area contributed by atoms with Crippen LogP contribution in [0.5, 0.6) is 0 Å². The van der Waals surface area contributed by atoms with Crippen molar-refractivity contribution in [3.8, 4) is 0 Å². The van der Waals surface area contributed by atoms with E-state index in [2.05, 4.69) is 20.8 Å². The number of aliphatic carboxylic acids is 1. The summed E-state index contributed by atoms with van der Waals surface area (Å²) in [6, 6.07) is -0.618. The molecule has 2 fully saturated rings. The predicted molar refractivity (Wildman–Crippen MR) is 72.7 cm³/mol. The molecule has 0 bridgehead atoms. The normalized spacial score (nSPS) is 34.3. The molecule has 4 heteroatoms. The van der Waals surface area contributed by atoms with Crippen LogP contribution in [0.3, 0.4) is 0 Å². The van der Waals surface area contributed by atoms with Crippen molar-refractivity contribution in [3.05, 3.63) is 0 Å². The van der Waals surface area contributed by atoms with Crippen molar-refractivity contribution in [1.29, 1.82) is 0 Å². The Morgan fingerprint density at radius 2 is 1.95 bits per heavy atom. The average molecular weight is 267 g/mol. The fraction of sp³-hybridized carbons (Fsp3) is 0.867. The number of carbonyl (C=O) groups excluding carboxylic acids is 1. The Kier molecular flexibility index (Phi) is 3.88. The number of amides is 1. The molecule has 0 spiro atoms. The van der Waals surface area contributed by atoms with Crippen LogP contribution in [0.4, 0.5) is 0 Å². The van der Waals surface area contributed by atoms with E-state index in [0.717, 1.165) is 25.7 Å². The number of nitrogens with zero attached hydrogens (tertiary/aromatic N) is 1. The van der Waals surface area contributed by atoms with Crippen LogP contribution >= 0.6 is 0 Å². The van der Waals surface area contributed by atoms with Gasteiger partial charge in [-0.25, -0.2) is 4.79 Å². The number of piperidine rings is 1. The van der Waals surface area contributed by atoms with Crippen LogP contribution in [0, 0.1) is 17.3 Å². The van der Waals surface area contributed by atoms with Gasteiger partial charge >= 0.3 is 5.97 Å². The summed E-state index contributed by atoms with van der Waals surface area (Å²) in [6.45, 7) is 6.93. The van der Waals surface area contributed by atoms with E-state index in [0.29, 0.717) is 18.9 Å². The molecule has 0 aromatic carbocycles. The highest BCUT2D eigenvalue weighted by Gasteiger charge is 2.44. The molecule has 1 saturated carbocycles. The maximum atomic E-state index is 12.7. The van der Waals surface area contributed by atoms with Gasteiger partial charge in [-0.15, -0.1) is 0 Å². The van der Waals surface area contributed by atoms with Gasteiger partial charge in [0.05, 0.1) is 0 Å². The molecule has 1 N–H and O–H groups in total. The first-order chi connectivity index (χ1) is 8.83. The van der Waals surface area contributed by atoms with Gasteiger partial charge in [0.2, 0.25) is 5.91 Å². The summed E-state index contributed by atoms with van der Waals surface area (Å²) >= 11 is 0. The van der Waals surface area contributed by atoms with Crippen LogP contribution in [0.15, 0.2) is 0 Å². The van der Waals surface area contributed by atoms with Crippen LogP contribution in [0.25, 0.3) is 0 Å². The summed E-state index contributed by atoms with van der Waals surface area (Å²) < 4.78 is 0. The molecular weight excluding hydrogens is 242 g/mol. The summed E-state index contributed by atoms with van der Waals surface area (Å²) in [5.74, 6) is -0.387. The molecule has 19 heavy (non-hydrogen) atoms. The summed E-state index contributed by atoms with van der Waals surface area (Å²) in [6.07, 6.45) is 4.55. The minimum Gasteiger partial charge on any atom is -0.480 e. The number of likely N-dealkylation sites (tertiary alicyclic amines) is 1. The van der Waals surface area contributed by atoms with E-state index in [1.54, 1.807) is 4.90 Å². The maximum absolute atomic E-state index is 12.7. The molecule has 2 aliphatic rings. The molecule has 4 nitrogen and oxygen atoms in total. The van der Waals surface area contributed by atoms with Crippen LogP contribution in [0.1, 0.15) is 52.9 Å². The highest BCUT2D eigenvalue weighted by Crippen LogP contribution is 2.44. The fourth-order valence-electron chi connectivity index (χ4n) is 3.62. The van der Waals surface area contributed by atoms with Crippen molar-refractivity contribution in [1.82, 2.24) is 4.90 Å². The Labute approximate surface area is 115 Å². The standard InChI is InChI=1S/C15H25NO3/c1-10-6-8-16(12(9-10)14(18)19)13(17)11-5-4-7-15(11,2)3/h10-12H,4-9H2,1-3H3,(H,18,19). The van der Waals surface area contributed by atoms with Crippen LogP contribution in [0.2, 0.25) is 0 Å². The third kappa shape index (κ3) is 2.77. The van der Waals surface area contributed by atoms with Crippen molar-refractivity contribution in [2.45, 2.75) is 58.9 Å². The van der Waals surface area contributed by atoms with Gasteiger partial charge in [-0.3, -0.25) is 4.79 Å². The van der Waals surface area contributed by atoms with E-state index < -0.39 is 12.0 Å². The van der Waals surface area contributed by atoms with Gasteiger partial charge in [-0.05, 0) is 37.0 Å².